The van der Waals surface area contributed by atoms with E-state index in [2.05, 4.69) is 26.2 Å². The molecule has 0 aliphatic heterocycles. The van der Waals surface area contributed by atoms with E-state index >= 15 is 0 Å². The second-order valence-electron chi connectivity index (χ2n) is 2.84. The van der Waals surface area contributed by atoms with Crippen LogP contribution in [-0.4, -0.2) is 18.1 Å². The summed E-state index contributed by atoms with van der Waals surface area (Å²) in [7, 11) is 0. The predicted octanol–water partition coefficient (Wildman–Crippen LogP) is 1.91. The Morgan fingerprint density at radius 1 is 1.54 bits per heavy atom. The molecule has 3 N–H and O–H groups in total. The SMILES string of the molecule is Cc1nc(Br)ccc1NCCCN. The molecule has 1 aromatic rings. The zero-order valence-corrected chi connectivity index (χ0v) is 9.26. The van der Waals surface area contributed by atoms with Crippen LogP contribution in [0.2, 0.25) is 0 Å². The number of hydrogen-bond acceptors (Lipinski definition) is 3. The lowest BCUT2D eigenvalue weighted by Gasteiger charge is -2.07. The number of anilines is 1. The van der Waals surface area contributed by atoms with Crippen LogP contribution in [0.5, 0.6) is 0 Å². The minimum absolute atomic E-state index is 0.718. The lowest BCUT2D eigenvalue weighted by Crippen LogP contribution is -2.09. The Kier molecular flexibility index (Phi) is 4.18. The van der Waals surface area contributed by atoms with Crippen molar-refractivity contribution >= 4 is 21.6 Å². The number of nitrogens with zero attached hydrogens (tertiary/aromatic N) is 1. The summed E-state index contributed by atoms with van der Waals surface area (Å²) < 4.78 is 0.870. The fourth-order valence-electron chi connectivity index (χ4n) is 1.04. The van der Waals surface area contributed by atoms with E-state index < -0.39 is 0 Å². The molecule has 0 bridgehead atoms. The van der Waals surface area contributed by atoms with E-state index in [0.717, 1.165) is 35.5 Å². The van der Waals surface area contributed by atoms with E-state index in [0.29, 0.717) is 0 Å². The third kappa shape index (κ3) is 3.32. The van der Waals surface area contributed by atoms with Crippen molar-refractivity contribution in [2.45, 2.75) is 13.3 Å². The lowest BCUT2D eigenvalue weighted by atomic mass is 10.3. The molecule has 0 spiro atoms. The normalized spacial score (nSPS) is 10.1. The van der Waals surface area contributed by atoms with Crippen LogP contribution >= 0.6 is 15.9 Å². The summed E-state index contributed by atoms with van der Waals surface area (Å²) in [5, 5.41) is 3.28. The lowest BCUT2D eigenvalue weighted by molar-refractivity contribution is 0.872. The summed E-state index contributed by atoms with van der Waals surface area (Å²) in [6, 6.07) is 3.95. The maximum atomic E-state index is 5.39. The smallest absolute Gasteiger partial charge is 0.106 e. The largest absolute Gasteiger partial charge is 0.384 e. The highest BCUT2D eigenvalue weighted by atomic mass is 79.9. The van der Waals surface area contributed by atoms with Crippen molar-refractivity contribution in [1.29, 1.82) is 0 Å². The Hall–Kier alpha value is -0.610. The van der Waals surface area contributed by atoms with Gasteiger partial charge in [0.25, 0.3) is 0 Å². The van der Waals surface area contributed by atoms with Crippen molar-refractivity contribution in [3.05, 3.63) is 22.4 Å². The highest BCUT2D eigenvalue weighted by molar-refractivity contribution is 9.10. The Morgan fingerprint density at radius 2 is 2.31 bits per heavy atom. The van der Waals surface area contributed by atoms with Gasteiger partial charge in [-0.25, -0.2) is 4.98 Å². The van der Waals surface area contributed by atoms with Gasteiger partial charge in [-0.15, -0.1) is 0 Å². The molecule has 13 heavy (non-hydrogen) atoms. The van der Waals surface area contributed by atoms with Crippen LogP contribution in [-0.2, 0) is 0 Å². The molecule has 0 unspecified atom stereocenters. The van der Waals surface area contributed by atoms with Crippen LogP contribution in [0.15, 0.2) is 16.7 Å². The highest BCUT2D eigenvalue weighted by Crippen LogP contribution is 2.15. The van der Waals surface area contributed by atoms with E-state index in [1.807, 2.05) is 19.1 Å². The molecule has 72 valence electrons. The van der Waals surface area contributed by atoms with E-state index in [4.69, 9.17) is 5.73 Å². The first-order chi connectivity index (χ1) is 6.24. The van der Waals surface area contributed by atoms with Gasteiger partial charge in [0.15, 0.2) is 0 Å². The first-order valence-corrected chi connectivity index (χ1v) is 5.10. The molecule has 0 aliphatic carbocycles. The van der Waals surface area contributed by atoms with Crippen molar-refractivity contribution < 1.29 is 0 Å². The molecule has 1 heterocycles. The Balaban J connectivity index is 2.56. The third-order valence-electron chi connectivity index (χ3n) is 1.75. The number of nitrogens with one attached hydrogen (secondary N) is 1. The van der Waals surface area contributed by atoms with Gasteiger partial charge in [-0.1, -0.05) is 0 Å². The van der Waals surface area contributed by atoms with Crippen molar-refractivity contribution in [3.63, 3.8) is 0 Å². The summed E-state index contributed by atoms with van der Waals surface area (Å²) in [6.45, 7) is 3.60. The van der Waals surface area contributed by atoms with E-state index in [9.17, 15) is 0 Å². The molecule has 0 radical (unpaired) electrons. The summed E-state index contributed by atoms with van der Waals surface area (Å²) in [5.41, 5.74) is 7.48. The molecule has 4 heteroatoms. The maximum Gasteiger partial charge on any atom is 0.106 e. The first-order valence-electron chi connectivity index (χ1n) is 4.31. The molecule has 0 atom stereocenters. The number of rotatable bonds is 4. The van der Waals surface area contributed by atoms with Crippen LogP contribution in [0.25, 0.3) is 0 Å². The fourth-order valence-corrected chi connectivity index (χ4v) is 1.44. The molecule has 0 aromatic carbocycles. The standard InChI is InChI=1S/C9H14BrN3/c1-7-8(12-6-2-5-11)3-4-9(10)13-7/h3-4,12H,2,5-6,11H2,1H3. The molecule has 1 aromatic heterocycles. The van der Waals surface area contributed by atoms with Crippen molar-refractivity contribution in [2.24, 2.45) is 5.73 Å². The predicted molar refractivity (Wildman–Crippen MR) is 58.8 cm³/mol. The second-order valence-corrected chi connectivity index (χ2v) is 3.65. The van der Waals surface area contributed by atoms with Gasteiger partial charge >= 0.3 is 0 Å². The van der Waals surface area contributed by atoms with Gasteiger partial charge in [-0.05, 0) is 48.0 Å². The monoisotopic (exact) mass is 243 g/mol. The van der Waals surface area contributed by atoms with Gasteiger partial charge in [-0.2, -0.15) is 0 Å². The Labute approximate surface area is 86.9 Å². The van der Waals surface area contributed by atoms with Crippen molar-refractivity contribution in [2.75, 3.05) is 18.4 Å². The maximum absolute atomic E-state index is 5.39. The highest BCUT2D eigenvalue weighted by Gasteiger charge is 1.98. The zero-order chi connectivity index (χ0) is 9.68. The summed E-state index contributed by atoms with van der Waals surface area (Å²) in [5.74, 6) is 0. The summed E-state index contributed by atoms with van der Waals surface area (Å²) in [4.78, 5) is 4.28. The van der Waals surface area contributed by atoms with E-state index in [1.54, 1.807) is 0 Å². The zero-order valence-electron chi connectivity index (χ0n) is 7.68. The fraction of sp³-hybridized carbons (Fsp3) is 0.444. The van der Waals surface area contributed by atoms with Gasteiger partial charge in [0, 0.05) is 6.54 Å². The van der Waals surface area contributed by atoms with Crippen molar-refractivity contribution in [3.8, 4) is 0 Å². The molecule has 3 nitrogen and oxygen atoms in total. The van der Waals surface area contributed by atoms with Crippen molar-refractivity contribution in [1.82, 2.24) is 4.98 Å². The van der Waals surface area contributed by atoms with Gasteiger partial charge in [0.1, 0.15) is 4.60 Å². The molecule has 0 saturated heterocycles. The van der Waals surface area contributed by atoms with E-state index in [1.165, 1.54) is 0 Å². The molecular weight excluding hydrogens is 230 g/mol. The average molecular weight is 244 g/mol. The van der Waals surface area contributed by atoms with Crippen LogP contribution in [0.3, 0.4) is 0 Å². The van der Waals surface area contributed by atoms with E-state index in [-0.39, 0.29) is 0 Å². The van der Waals surface area contributed by atoms with Gasteiger partial charge < -0.3 is 11.1 Å². The van der Waals surface area contributed by atoms with Crippen LogP contribution < -0.4 is 11.1 Å². The Bertz CT molecular complexity index is 276. The number of pyridine rings is 1. The summed E-state index contributed by atoms with van der Waals surface area (Å²) >= 11 is 3.32. The minimum atomic E-state index is 0.718. The second kappa shape index (κ2) is 5.19. The van der Waals surface area contributed by atoms with Crippen LogP contribution in [0.4, 0.5) is 5.69 Å². The minimum Gasteiger partial charge on any atom is -0.384 e. The molecule has 0 amide bonds. The third-order valence-corrected chi connectivity index (χ3v) is 2.19. The summed E-state index contributed by atoms with van der Waals surface area (Å²) in [6.07, 6.45) is 0.982. The number of aryl methyl sites for hydroxylation is 1. The number of hydrogen-bond donors (Lipinski definition) is 2. The molecule has 0 saturated carbocycles. The number of halogens is 1. The first kappa shape index (κ1) is 10.5. The van der Waals surface area contributed by atoms with Crippen LogP contribution in [0.1, 0.15) is 12.1 Å². The number of nitrogens with two attached hydrogens (primary N) is 1. The number of aromatic nitrogens is 1. The van der Waals surface area contributed by atoms with Gasteiger partial charge in [0.2, 0.25) is 0 Å². The quantitative estimate of drug-likeness (QED) is 0.628. The van der Waals surface area contributed by atoms with Gasteiger partial charge in [-0.3, -0.25) is 0 Å². The van der Waals surface area contributed by atoms with Crippen LogP contribution in [0, 0.1) is 6.92 Å². The Morgan fingerprint density at radius 3 is 2.92 bits per heavy atom. The van der Waals surface area contributed by atoms with Gasteiger partial charge in [0.05, 0.1) is 11.4 Å². The average Bonchev–Trinajstić information content (AvgIpc) is 2.09. The molecule has 0 fully saturated rings. The molecule has 0 aliphatic rings. The molecule has 1 rings (SSSR count). The molecular formula is C9H14BrN3. The topological polar surface area (TPSA) is 50.9 Å².